The second-order valence-corrected chi connectivity index (χ2v) is 5.82. The Hall–Kier alpha value is -2.41. The molecule has 1 aliphatic rings. The molecule has 22 heavy (non-hydrogen) atoms. The molecule has 0 aromatic carbocycles. The van der Waals surface area contributed by atoms with E-state index in [4.69, 9.17) is 11.6 Å². The summed E-state index contributed by atoms with van der Waals surface area (Å²) in [5.41, 5.74) is 1.21. The van der Waals surface area contributed by atoms with Crippen LogP contribution in [0.1, 0.15) is 35.6 Å². The highest BCUT2D eigenvalue weighted by atomic mass is 35.5. The molecule has 7 nitrogen and oxygen atoms in total. The summed E-state index contributed by atoms with van der Waals surface area (Å²) in [6, 6.07) is 5.07. The standard InChI is InChI=1S/C14H14ClN5O2/c1-14(2)10-8(7-20(14)13(15)22)11(19-18-10)17-12(21)9-5-3-4-6-16-9/h3-6H,7H2,1-2H3,(H2,17,18,19,21). The molecule has 1 aliphatic heterocycles. The first-order valence-corrected chi connectivity index (χ1v) is 7.06. The Morgan fingerprint density at radius 3 is 2.82 bits per heavy atom. The zero-order chi connectivity index (χ0) is 15.9. The van der Waals surface area contributed by atoms with Crippen LogP contribution in [-0.4, -0.2) is 31.4 Å². The number of carbonyl (C=O) groups is 2. The van der Waals surface area contributed by atoms with Crippen molar-refractivity contribution in [3.63, 3.8) is 0 Å². The number of hydrogen-bond acceptors (Lipinski definition) is 4. The smallest absolute Gasteiger partial charge is 0.314 e. The van der Waals surface area contributed by atoms with Gasteiger partial charge in [-0.25, -0.2) is 0 Å². The quantitative estimate of drug-likeness (QED) is 0.657. The third-order valence-corrected chi connectivity index (χ3v) is 4.02. The molecule has 0 fully saturated rings. The van der Waals surface area contributed by atoms with Gasteiger partial charge in [-0.05, 0) is 37.6 Å². The Balaban J connectivity index is 1.88. The predicted octanol–water partition coefficient (Wildman–Crippen LogP) is 2.47. The van der Waals surface area contributed by atoms with Crippen molar-refractivity contribution in [1.82, 2.24) is 20.1 Å². The molecule has 2 aromatic heterocycles. The average molecular weight is 320 g/mol. The fourth-order valence-electron chi connectivity index (χ4n) is 2.57. The van der Waals surface area contributed by atoms with E-state index in [9.17, 15) is 9.59 Å². The van der Waals surface area contributed by atoms with Crippen molar-refractivity contribution >= 4 is 28.7 Å². The molecule has 0 aliphatic carbocycles. The van der Waals surface area contributed by atoms with E-state index in [0.29, 0.717) is 18.1 Å². The Bertz CT molecular complexity index is 741. The van der Waals surface area contributed by atoms with Crippen molar-refractivity contribution in [2.75, 3.05) is 5.32 Å². The highest BCUT2D eigenvalue weighted by Crippen LogP contribution is 2.41. The highest BCUT2D eigenvalue weighted by molar-refractivity contribution is 6.62. The molecule has 0 unspecified atom stereocenters. The van der Waals surface area contributed by atoms with Gasteiger partial charge in [-0.2, -0.15) is 5.10 Å². The lowest BCUT2D eigenvalue weighted by Gasteiger charge is -2.29. The van der Waals surface area contributed by atoms with E-state index in [1.807, 2.05) is 13.8 Å². The molecular weight excluding hydrogens is 306 g/mol. The number of H-pyrrole nitrogens is 1. The van der Waals surface area contributed by atoms with Crippen molar-refractivity contribution in [3.8, 4) is 0 Å². The number of aromatic nitrogens is 3. The Kier molecular flexibility index (Phi) is 3.37. The highest BCUT2D eigenvalue weighted by Gasteiger charge is 2.43. The van der Waals surface area contributed by atoms with Gasteiger partial charge in [-0.15, -0.1) is 0 Å². The number of anilines is 1. The number of halogens is 1. The Morgan fingerprint density at radius 2 is 2.18 bits per heavy atom. The maximum Gasteiger partial charge on any atom is 0.317 e. The van der Waals surface area contributed by atoms with E-state index in [-0.39, 0.29) is 5.91 Å². The van der Waals surface area contributed by atoms with Gasteiger partial charge in [0.1, 0.15) is 5.69 Å². The SMILES string of the molecule is CC1(C)c2[nH]nc(NC(=O)c3ccccn3)c2CN1C(=O)Cl. The number of fused-ring (bicyclic) bond motifs is 1. The summed E-state index contributed by atoms with van der Waals surface area (Å²) in [6.07, 6.45) is 1.54. The Morgan fingerprint density at radius 1 is 1.41 bits per heavy atom. The van der Waals surface area contributed by atoms with Gasteiger partial charge in [0.15, 0.2) is 5.82 Å². The van der Waals surface area contributed by atoms with Gasteiger partial charge in [0, 0.05) is 11.8 Å². The summed E-state index contributed by atoms with van der Waals surface area (Å²) >= 11 is 5.62. The van der Waals surface area contributed by atoms with Gasteiger partial charge in [-0.3, -0.25) is 19.7 Å². The van der Waals surface area contributed by atoms with Crippen LogP contribution in [0.3, 0.4) is 0 Å². The van der Waals surface area contributed by atoms with E-state index in [1.54, 1.807) is 24.4 Å². The number of pyridine rings is 1. The van der Waals surface area contributed by atoms with Crippen LogP contribution in [-0.2, 0) is 12.1 Å². The first kappa shape index (κ1) is 14.5. The molecular formula is C14H14ClN5O2. The number of aromatic amines is 1. The molecule has 8 heteroatoms. The van der Waals surface area contributed by atoms with Crippen molar-refractivity contribution in [2.45, 2.75) is 25.9 Å². The average Bonchev–Trinajstić information content (AvgIpc) is 2.99. The van der Waals surface area contributed by atoms with Gasteiger partial charge in [0.2, 0.25) is 0 Å². The minimum atomic E-state index is -0.602. The third-order valence-electron chi connectivity index (χ3n) is 3.81. The van der Waals surface area contributed by atoms with Crippen molar-refractivity contribution in [1.29, 1.82) is 0 Å². The van der Waals surface area contributed by atoms with Gasteiger partial charge >= 0.3 is 5.37 Å². The molecule has 2 aromatic rings. The largest absolute Gasteiger partial charge is 0.317 e. The first-order valence-electron chi connectivity index (χ1n) is 6.68. The number of carbonyl (C=O) groups excluding carboxylic acids is 2. The fraction of sp³-hybridized carbons (Fsp3) is 0.286. The lowest BCUT2D eigenvalue weighted by Crippen LogP contribution is -2.37. The zero-order valence-electron chi connectivity index (χ0n) is 12.1. The van der Waals surface area contributed by atoms with E-state index in [0.717, 1.165) is 11.3 Å². The van der Waals surface area contributed by atoms with Crippen LogP contribution in [0.5, 0.6) is 0 Å². The summed E-state index contributed by atoms with van der Waals surface area (Å²) in [5, 5.41) is 9.17. The maximum atomic E-state index is 12.2. The molecule has 2 N–H and O–H groups in total. The molecule has 114 valence electrons. The van der Waals surface area contributed by atoms with E-state index >= 15 is 0 Å². The fourth-order valence-corrected chi connectivity index (χ4v) is 2.84. The molecule has 0 bridgehead atoms. The van der Waals surface area contributed by atoms with Gasteiger partial charge in [-0.1, -0.05) is 6.07 Å². The summed E-state index contributed by atoms with van der Waals surface area (Å²) in [4.78, 5) is 29.2. The molecule has 0 radical (unpaired) electrons. The van der Waals surface area contributed by atoms with Crippen LogP contribution < -0.4 is 5.32 Å². The molecule has 3 rings (SSSR count). The second kappa shape index (κ2) is 5.10. The van der Waals surface area contributed by atoms with Crippen molar-refractivity contribution in [2.24, 2.45) is 0 Å². The molecule has 2 amide bonds. The van der Waals surface area contributed by atoms with Crippen molar-refractivity contribution < 1.29 is 9.59 Å². The predicted molar refractivity (Wildman–Crippen MR) is 80.6 cm³/mol. The zero-order valence-corrected chi connectivity index (χ0v) is 12.8. The number of hydrogen-bond donors (Lipinski definition) is 2. The monoisotopic (exact) mass is 319 g/mol. The molecule has 0 saturated heterocycles. The summed E-state index contributed by atoms with van der Waals surface area (Å²) in [7, 11) is 0. The molecule has 0 spiro atoms. The van der Waals surface area contributed by atoms with Crippen LogP contribution in [0, 0.1) is 0 Å². The van der Waals surface area contributed by atoms with Gasteiger partial charge in [0.05, 0.1) is 17.8 Å². The van der Waals surface area contributed by atoms with E-state index < -0.39 is 10.9 Å². The molecule has 3 heterocycles. The normalized spacial score (nSPS) is 15.5. The lowest BCUT2D eigenvalue weighted by atomic mass is 10.0. The molecule has 0 saturated carbocycles. The van der Waals surface area contributed by atoms with Crippen LogP contribution in [0.25, 0.3) is 0 Å². The van der Waals surface area contributed by atoms with E-state index in [1.165, 1.54) is 4.90 Å². The minimum Gasteiger partial charge on any atom is -0.314 e. The molecule has 0 atom stereocenters. The summed E-state index contributed by atoms with van der Waals surface area (Å²) in [6.45, 7) is 4.02. The van der Waals surface area contributed by atoms with E-state index in [2.05, 4.69) is 20.5 Å². The minimum absolute atomic E-state index is 0.291. The van der Waals surface area contributed by atoms with Crippen LogP contribution in [0.2, 0.25) is 0 Å². The summed E-state index contributed by atoms with van der Waals surface area (Å²) in [5.74, 6) is 0.0301. The van der Waals surface area contributed by atoms with Crippen LogP contribution in [0.15, 0.2) is 24.4 Å². The van der Waals surface area contributed by atoms with Crippen LogP contribution in [0.4, 0.5) is 10.6 Å². The lowest BCUT2D eigenvalue weighted by molar-refractivity contribution is 0.102. The number of amides is 2. The Labute approximate surface area is 131 Å². The van der Waals surface area contributed by atoms with Crippen LogP contribution >= 0.6 is 11.6 Å². The number of rotatable bonds is 2. The number of nitrogens with zero attached hydrogens (tertiary/aromatic N) is 3. The third kappa shape index (κ3) is 2.23. The van der Waals surface area contributed by atoms with Gasteiger partial charge in [0.25, 0.3) is 5.91 Å². The van der Waals surface area contributed by atoms with Crippen molar-refractivity contribution in [3.05, 3.63) is 41.3 Å². The number of nitrogens with one attached hydrogen (secondary N) is 2. The second-order valence-electron chi connectivity index (χ2n) is 5.49. The summed E-state index contributed by atoms with van der Waals surface area (Å²) < 4.78 is 0. The first-order chi connectivity index (χ1) is 10.4. The topological polar surface area (TPSA) is 91.0 Å². The van der Waals surface area contributed by atoms with Gasteiger partial charge < -0.3 is 10.2 Å². The maximum absolute atomic E-state index is 12.2.